The van der Waals surface area contributed by atoms with Crippen LogP contribution in [0.4, 0.5) is 0 Å². The highest BCUT2D eigenvalue weighted by Crippen LogP contribution is 2.22. The zero-order chi connectivity index (χ0) is 19.1. The molecule has 0 fully saturated rings. The van der Waals surface area contributed by atoms with Crippen molar-refractivity contribution in [2.45, 2.75) is 19.3 Å². The number of amides is 2. The van der Waals surface area contributed by atoms with Crippen molar-refractivity contribution in [1.82, 2.24) is 15.2 Å². The lowest BCUT2D eigenvalue weighted by atomic mass is 10.1. The summed E-state index contributed by atoms with van der Waals surface area (Å²) in [7, 11) is 0. The molecule has 0 bridgehead atoms. The minimum absolute atomic E-state index is 0.213. The van der Waals surface area contributed by atoms with Crippen LogP contribution in [0, 0.1) is 0 Å². The molecule has 1 aromatic carbocycles. The number of nitrogens with zero attached hydrogens (tertiary/aromatic N) is 3. The van der Waals surface area contributed by atoms with Gasteiger partial charge in [-0.1, -0.05) is 18.2 Å². The number of rotatable bonds is 8. The van der Waals surface area contributed by atoms with Crippen molar-refractivity contribution in [1.29, 1.82) is 0 Å². The highest BCUT2D eigenvalue weighted by atomic mass is 16.2. The average molecular weight is 365 g/mol. The fourth-order valence-corrected chi connectivity index (χ4v) is 2.94. The summed E-state index contributed by atoms with van der Waals surface area (Å²) in [6.45, 7) is 1.61. The van der Waals surface area contributed by atoms with Crippen LogP contribution in [0.2, 0.25) is 0 Å². The lowest BCUT2D eigenvalue weighted by Crippen LogP contribution is -2.33. The first-order valence-electron chi connectivity index (χ1n) is 9.06. The molecule has 1 aromatic heterocycles. The third kappa shape index (κ3) is 4.69. The van der Waals surface area contributed by atoms with Crippen molar-refractivity contribution in [3.63, 3.8) is 0 Å². The maximum Gasteiger partial charge on any atom is 0.261 e. The summed E-state index contributed by atoms with van der Waals surface area (Å²) < 4.78 is 0. The topological polar surface area (TPSA) is 101 Å². The molecule has 27 heavy (non-hydrogen) atoms. The van der Waals surface area contributed by atoms with E-state index >= 15 is 0 Å². The number of nitrogens with one attached hydrogen (secondary N) is 1. The summed E-state index contributed by atoms with van der Waals surface area (Å²) in [5, 5.41) is 3.06. The van der Waals surface area contributed by atoms with Gasteiger partial charge in [0.15, 0.2) is 5.96 Å². The number of pyridine rings is 1. The van der Waals surface area contributed by atoms with E-state index in [4.69, 9.17) is 5.73 Å². The molecular weight excluding hydrogens is 342 g/mol. The predicted octanol–water partition coefficient (Wildman–Crippen LogP) is 1.60. The lowest BCUT2D eigenvalue weighted by molar-refractivity contribution is 0.0652. The molecule has 3 N–H and O–H groups in total. The van der Waals surface area contributed by atoms with Gasteiger partial charge in [-0.25, -0.2) is 0 Å². The lowest BCUT2D eigenvalue weighted by Gasteiger charge is -2.13. The van der Waals surface area contributed by atoms with E-state index in [0.717, 1.165) is 18.5 Å². The number of benzene rings is 1. The van der Waals surface area contributed by atoms with E-state index in [1.54, 1.807) is 30.5 Å². The Bertz CT molecular complexity index is 800. The minimum Gasteiger partial charge on any atom is -0.370 e. The number of unbranched alkanes of at least 4 members (excludes halogenated alkanes) is 1. The number of imide groups is 1. The Morgan fingerprint density at radius 1 is 1.04 bits per heavy atom. The van der Waals surface area contributed by atoms with Crippen molar-refractivity contribution in [2.75, 3.05) is 19.6 Å². The summed E-state index contributed by atoms with van der Waals surface area (Å²) in [5.74, 6) is -0.0312. The van der Waals surface area contributed by atoms with Crippen molar-refractivity contribution < 1.29 is 9.59 Å². The van der Waals surface area contributed by atoms with Gasteiger partial charge in [0.2, 0.25) is 0 Å². The number of hydrogen-bond donors (Lipinski definition) is 2. The van der Waals surface area contributed by atoms with Crippen LogP contribution in [0.3, 0.4) is 0 Å². The number of hydrogen-bond acceptors (Lipinski definition) is 4. The van der Waals surface area contributed by atoms with Gasteiger partial charge in [-0.2, -0.15) is 0 Å². The molecule has 1 aliphatic heterocycles. The van der Waals surface area contributed by atoms with Crippen molar-refractivity contribution >= 4 is 17.8 Å². The molecule has 0 radical (unpaired) electrons. The number of guanidine groups is 1. The number of fused-ring (bicyclic) bond motifs is 1. The van der Waals surface area contributed by atoms with E-state index < -0.39 is 0 Å². The Balaban J connectivity index is 1.35. The number of aromatic nitrogens is 1. The maximum absolute atomic E-state index is 12.3. The van der Waals surface area contributed by atoms with Gasteiger partial charge >= 0.3 is 0 Å². The molecule has 0 atom stereocenters. The molecule has 0 spiro atoms. The van der Waals surface area contributed by atoms with E-state index in [9.17, 15) is 9.59 Å². The van der Waals surface area contributed by atoms with Gasteiger partial charge in [0.1, 0.15) is 0 Å². The Kier molecular flexibility index (Phi) is 6.14. The zero-order valence-corrected chi connectivity index (χ0v) is 15.1. The highest BCUT2D eigenvalue weighted by Gasteiger charge is 2.34. The molecule has 2 amide bonds. The van der Waals surface area contributed by atoms with Crippen LogP contribution in [0.25, 0.3) is 0 Å². The molecular formula is C20H23N5O2. The molecule has 7 nitrogen and oxygen atoms in total. The number of nitrogens with two attached hydrogens (primary N) is 1. The summed E-state index contributed by atoms with van der Waals surface area (Å²) in [4.78, 5) is 34.3. The maximum atomic E-state index is 12.3. The van der Waals surface area contributed by atoms with E-state index in [1.165, 1.54) is 4.90 Å². The van der Waals surface area contributed by atoms with Gasteiger partial charge in [0.05, 0.1) is 11.1 Å². The molecule has 1 aliphatic rings. The Morgan fingerprint density at radius 3 is 2.41 bits per heavy atom. The highest BCUT2D eigenvalue weighted by molar-refractivity contribution is 6.21. The monoisotopic (exact) mass is 365 g/mol. The Morgan fingerprint density at radius 2 is 1.74 bits per heavy atom. The van der Waals surface area contributed by atoms with Gasteiger partial charge in [-0.05, 0) is 37.1 Å². The number of carbonyl (C=O) groups is 2. The molecule has 0 unspecified atom stereocenters. The smallest absolute Gasteiger partial charge is 0.261 e. The van der Waals surface area contributed by atoms with Gasteiger partial charge in [-0.3, -0.25) is 24.5 Å². The summed E-state index contributed by atoms with van der Waals surface area (Å²) in [5.41, 5.74) is 7.82. The van der Waals surface area contributed by atoms with Crippen molar-refractivity contribution in [3.05, 3.63) is 65.5 Å². The quantitative estimate of drug-likeness (QED) is 0.320. The Labute approximate surface area is 158 Å². The third-order valence-corrected chi connectivity index (χ3v) is 4.36. The minimum atomic E-state index is -0.213. The molecule has 3 rings (SSSR count). The first-order chi connectivity index (χ1) is 13.2. The molecule has 7 heteroatoms. The second kappa shape index (κ2) is 8.93. The standard InChI is InChI=1S/C20H23N5O2/c21-20(24-13-10-15-7-3-4-11-22-15)23-12-5-6-14-25-18(26)16-8-1-2-9-17(16)19(25)27/h1-4,7-9,11H,5-6,10,12-14H2,(H3,21,23,24). The first-order valence-corrected chi connectivity index (χ1v) is 9.06. The fraction of sp³-hybridized carbons (Fsp3) is 0.300. The molecule has 0 aliphatic carbocycles. The summed E-state index contributed by atoms with van der Waals surface area (Å²) >= 11 is 0. The number of carbonyl (C=O) groups excluding carboxylic acids is 2. The van der Waals surface area contributed by atoms with Crippen LogP contribution in [0.15, 0.2) is 53.7 Å². The molecule has 140 valence electrons. The molecule has 0 saturated heterocycles. The van der Waals surface area contributed by atoms with E-state index in [1.807, 2.05) is 18.2 Å². The van der Waals surface area contributed by atoms with Crippen LogP contribution < -0.4 is 11.1 Å². The fourth-order valence-electron chi connectivity index (χ4n) is 2.94. The summed E-state index contributed by atoms with van der Waals surface area (Å²) in [6, 6.07) is 12.7. The SMILES string of the molecule is NC(=NCCCCN1C(=O)c2ccccc2C1=O)NCCc1ccccn1. The van der Waals surface area contributed by atoms with Crippen molar-refractivity contribution in [2.24, 2.45) is 10.7 Å². The van der Waals surface area contributed by atoms with Crippen LogP contribution in [-0.2, 0) is 6.42 Å². The normalized spacial score (nSPS) is 13.8. The summed E-state index contributed by atoms with van der Waals surface area (Å²) in [6.07, 6.45) is 3.98. The van der Waals surface area contributed by atoms with Crippen LogP contribution in [0.5, 0.6) is 0 Å². The first kappa shape index (κ1) is 18.6. The Hall–Kier alpha value is -3.22. The van der Waals surface area contributed by atoms with E-state index in [2.05, 4.69) is 15.3 Å². The largest absolute Gasteiger partial charge is 0.370 e. The van der Waals surface area contributed by atoms with Gasteiger partial charge in [0, 0.05) is 37.9 Å². The molecule has 2 heterocycles. The van der Waals surface area contributed by atoms with Crippen LogP contribution >= 0.6 is 0 Å². The predicted molar refractivity (Wildman–Crippen MR) is 103 cm³/mol. The molecule has 0 saturated carbocycles. The van der Waals surface area contributed by atoms with E-state index in [-0.39, 0.29) is 11.8 Å². The van der Waals surface area contributed by atoms with Crippen molar-refractivity contribution in [3.8, 4) is 0 Å². The zero-order valence-electron chi connectivity index (χ0n) is 15.1. The van der Waals surface area contributed by atoms with Gasteiger partial charge < -0.3 is 11.1 Å². The second-order valence-electron chi connectivity index (χ2n) is 6.28. The average Bonchev–Trinajstić information content (AvgIpc) is 2.93. The van der Waals surface area contributed by atoms with Crippen LogP contribution in [0.1, 0.15) is 39.3 Å². The van der Waals surface area contributed by atoms with Crippen LogP contribution in [-0.4, -0.2) is 47.3 Å². The molecule has 2 aromatic rings. The third-order valence-electron chi connectivity index (χ3n) is 4.36. The van der Waals surface area contributed by atoms with Gasteiger partial charge in [0.25, 0.3) is 11.8 Å². The second-order valence-corrected chi connectivity index (χ2v) is 6.28. The number of aliphatic imine (C=N–C) groups is 1. The van der Waals surface area contributed by atoms with E-state index in [0.29, 0.717) is 43.1 Å². The van der Waals surface area contributed by atoms with Gasteiger partial charge in [-0.15, -0.1) is 0 Å².